The molecule has 138 valence electrons. The lowest BCUT2D eigenvalue weighted by Crippen LogP contribution is -2.19. The lowest BCUT2D eigenvalue weighted by molar-refractivity contribution is -0.113. The van der Waals surface area contributed by atoms with Gasteiger partial charge in [0.15, 0.2) is 5.16 Å². The number of anilines is 1. The minimum absolute atomic E-state index is 0.120. The molecule has 0 fully saturated rings. The van der Waals surface area contributed by atoms with Crippen LogP contribution in [0, 0.1) is 6.92 Å². The van der Waals surface area contributed by atoms with Gasteiger partial charge in [0, 0.05) is 17.1 Å². The average molecular weight is 401 g/mol. The van der Waals surface area contributed by atoms with Crippen LogP contribution in [-0.2, 0) is 11.2 Å². The molecule has 0 aliphatic carbocycles. The first-order valence-electron chi connectivity index (χ1n) is 8.19. The molecule has 27 heavy (non-hydrogen) atoms. The van der Waals surface area contributed by atoms with Crippen LogP contribution in [0.1, 0.15) is 16.8 Å². The molecule has 0 bridgehead atoms. The molecular formula is C19H17ClN4O2S. The molecule has 1 heterocycles. The van der Waals surface area contributed by atoms with Gasteiger partial charge in [-0.1, -0.05) is 47.6 Å². The number of thioether (sulfide) groups is 1. The molecule has 0 aliphatic rings. The fourth-order valence-electron chi connectivity index (χ4n) is 2.38. The Morgan fingerprint density at radius 1 is 1.19 bits per heavy atom. The molecular weight excluding hydrogens is 384 g/mol. The number of aromatic amines is 1. The van der Waals surface area contributed by atoms with Crippen molar-refractivity contribution in [2.45, 2.75) is 18.5 Å². The normalized spacial score (nSPS) is 10.6. The van der Waals surface area contributed by atoms with Crippen LogP contribution in [-0.4, -0.2) is 26.8 Å². The van der Waals surface area contributed by atoms with Crippen molar-refractivity contribution < 1.29 is 4.79 Å². The second-order valence-corrected chi connectivity index (χ2v) is 7.32. The van der Waals surface area contributed by atoms with Crippen molar-refractivity contribution in [1.29, 1.82) is 0 Å². The number of amides is 1. The van der Waals surface area contributed by atoms with Crippen molar-refractivity contribution in [2.24, 2.45) is 0 Å². The molecule has 6 nitrogen and oxygen atoms in total. The Bertz CT molecular complexity index is 1010. The highest BCUT2D eigenvalue weighted by atomic mass is 35.5. The van der Waals surface area contributed by atoms with Crippen LogP contribution in [0.2, 0.25) is 5.02 Å². The summed E-state index contributed by atoms with van der Waals surface area (Å²) < 4.78 is 0. The molecule has 0 atom stereocenters. The minimum Gasteiger partial charge on any atom is -0.325 e. The Labute approximate surface area is 165 Å². The third-order valence-electron chi connectivity index (χ3n) is 3.67. The zero-order valence-electron chi connectivity index (χ0n) is 14.5. The fraction of sp³-hybridized carbons (Fsp3) is 0.158. The number of benzene rings is 2. The monoisotopic (exact) mass is 400 g/mol. The van der Waals surface area contributed by atoms with Gasteiger partial charge >= 0.3 is 0 Å². The zero-order chi connectivity index (χ0) is 19.2. The molecule has 0 radical (unpaired) electrons. The number of rotatable bonds is 6. The smallest absolute Gasteiger partial charge is 0.273 e. The second-order valence-electron chi connectivity index (χ2n) is 5.92. The Morgan fingerprint density at radius 3 is 2.67 bits per heavy atom. The van der Waals surface area contributed by atoms with Crippen LogP contribution in [0.3, 0.4) is 0 Å². The van der Waals surface area contributed by atoms with E-state index in [0.29, 0.717) is 22.3 Å². The van der Waals surface area contributed by atoms with E-state index >= 15 is 0 Å². The highest BCUT2D eigenvalue weighted by Crippen LogP contribution is 2.14. The van der Waals surface area contributed by atoms with Crippen LogP contribution in [0.5, 0.6) is 0 Å². The summed E-state index contributed by atoms with van der Waals surface area (Å²) in [4.78, 5) is 26.9. The van der Waals surface area contributed by atoms with Gasteiger partial charge < -0.3 is 5.32 Å². The Balaban J connectivity index is 1.58. The second kappa shape index (κ2) is 8.83. The van der Waals surface area contributed by atoms with Crippen molar-refractivity contribution >= 4 is 35.0 Å². The van der Waals surface area contributed by atoms with E-state index in [9.17, 15) is 9.59 Å². The van der Waals surface area contributed by atoms with E-state index < -0.39 is 0 Å². The van der Waals surface area contributed by atoms with Gasteiger partial charge in [-0.25, -0.2) is 0 Å². The van der Waals surface area contributed by atoms with Crippen LogP contribution in [0.25, 0.3) is 0 Å². The molecule has 3 rings (SSSR count). The van der Waals surface area contributed by atoms with Gasteiger partial charge in [-0.3, -0.25) is 14.6 Å². The molecule has 0 aliphatic heterocycles. The van der Waals surface area contributed by atoms with Gasteiger partial charge in [0.25, 0.3) is 5.56 Å². The van der Waals surface area contributed by atoms with Crippen molar-refractivity contribution in [1.82, 2.24) is 15.2 Å². The molecule has 0 unspecified atom stereocenters. The molecule has 1 amide bonds. The predicted octanol–water partition coefficient (Wildman–Crippen LogP) is 3.45. The van der Waals surface area contributed by atoms with Crippen molar-refractivity contribution in [3.05, 3.63) is 80.7 Å². The molecule has 3 aromatic rings. The van der Waals surface area contributed by atoms with E-state index in [1.54, 1.807) is 12.1 Å². The maximum Gasteiger partial charge on any atom is 0.273 e. The van der Waals surface area contributed by atoms with Gasteiger partial charge in [-0.2, -0.15) is 0 Å². The van der Waals surface area contributed by atoms with E-state index in [-0.39, 0.29) is 17.2 Å². The Kier molecular flexibility index (Phi) is 6.26. The SMILES string of the molecule is Cc1cccc(NC(=O)CSc2nnc(Cc3ccc(Cl)cc3)c(=O)[nH]2)c1. The van der Waals surface area contributed by atoms with Crippen LogP contribution in [0.4, 0.5) is 5.69 Å². The average Bonchev–Trinajstić information content (AvgIpc) is 2.64. The molecule has 0 saturated heterocycles. The van der Waals surface area contributed by atoms with Gasteiger partial charge in [0.05, 0.1) is 5.75 Å². The largest absolute Gasteiger partial charge is 0.325 e. The summed E-state index contributed by atoms with van der Waals surface area (Å²) in [6, 6.07) is 14.7. The first-order valence-corrected chi connectivity index (χ1v) is 9.55. The standard InChI is InChI=1S/C19H17ClN4O2S/c1-12-3-2-4-15(9-12)21-17(25)11-27-19-22-18(26)16(23-24-19)10-13-5-7-14(20)8-6-13/h2-9H,10-11H2,1H3,(H,21,25)(H,22,24,26). The zero-order valence-corrected chi connectivity index (χ0v) is 16.1. The van der Waals surface area contributed by atoms with E-state index in [0.717, 1.165) is 28.6 Å². The highest BCUT2D eigenvalue weighted by Gasteiger charge is 2.09. The number of nitrogens with one attached hydrogen (secondary N) is 2. The number of halogens is 1. The number of nitrogens with zero attached hydrogens (tertiary/aromatic N) is 2. The number of H-pyrrole nitrogens is 1. The lowest BCUT2D eigenvalue weighted by atomic mass is 10.1. The maximum absolute atomic E-state index is 12.2. The molecule has 2 N–H and O–H groups in total. The van der Waals surface area contributed by atoms with Crippen LogP contribution in [0.15, 0.2) is 58.5 Å². The summed E-state index contributed by atoms with van der Waals surface area (Å²) >= 11 is 6.98. The molecule has 0 saturated carbocycles. The molecule has 2 aromatic carbocycles. The number of carbonyl (C=O) groups is 1. The summed E-state index contributed by atoms with van der Waals surface area (Å²) in [6.07, 6.45) is 0.359. The quantitative estimate of drug-likeness (QED) is 0.619. The van der Waals surface area contributed by atoms with Crippen molar-refractivity contribution in [3.8, 4) is 0 Å². The number of carbonyl (C=O) groups excluding carboxylic acids is 1. The summed E-state index contributed by atoms with van der Waals surface area (Å²) in [5.74, 6) is -0.0618. The van der Waals surface area contributed by atoms with Crippen molar-refractivity contribution in [2.75, 3.05) is 11.1 Å². The molecule has 1 aromatic heterocycles. The third kappa shape index (κ3) is 5.67. The van der Waals surface area contributed by atoms with Gasteiger partial charge in [0.2, 0.25) is 5.91 Å². The first-order chi connectivity index (χ1) is 13.0. The Morgan fingerprint density at radius 2 is 1.96 bits per heavy atom. The predicted molar refractivity (Wildman–Crippen MR) is 107 cm³/mol. The Hall–Kier alpha value is -2.64. The van der Waals surface area contributed by atoms with Gasteiger partial charge in [-0.15, -0.1) is 10.2 Å². The number of aromatic nitrogens is 3. The summed E-state index contributed by atoms with van der Waals surface area (Å²) in [6.45, 7) is 1.95. The summed E-state index contributed by atoms with van der Waals surface area (Å²) in [7, 11) is 0. The lowest BCUT2D eigenvalue weighted by Gasteiger charge is -2.06. The van der Waals surface area contributed by atoms with E-state index in [4.69, 9.17) is 11.6 Å². The number of hydrogen-bond donors (Lipinski definition) is 2. The minimum atomic E-state index is -0.318. The fourth-order valence-corrected chi connectivity index (χ4v) is 3.10. The number of hydrogen-bond acceptors (Lipinski definition) is 5. The summed E-state index contributed by atoms with van der Waals surface area (Å²) in [5.41, 5.74) is 2.70. The number of aryl methyl sites for hydroxylation is 1. The maximum atomic E-state index is 12.2. The van der Waals surface area contributed by atoms with Crippen molar-refractivity contribution in [3.63, 3.8) is 0 Å². The van der Waals surface area contributed by atoms with E-state index in [1.807, 2.05) is 43.3 Å². The van der Waals surface area contributed by atoms with Gasteiger partial charge in [0.1, 0.15) is 5.69 Å². The topological polar surface area (TPSA) is 87.7 Å². The van der Waals surface area contributed by atoms with E-state index in [2.05, 4.69) is 20.5 Å². The first kappa shape index (κ1) is 19.1. The summed E-state index contributed by atoms with van der Waals surface area (Å²) in [5, 5.41) is 11.7. The third-order valence-corrected chi connectivity index (χ3v) is 4.79. The van der Waals surface area contributed by atoms with Crippen LogP contribution >= 0.6 is 23.4 Å². The van der Waals surface area contributed by atoms with Gasteiger partial charge in [-0.05, 0) is 42.3 Å². The molecule has 8 heteroatoms. The van der Waals surface area contributed by atoms with Crippen LogP contribution < -0.4 is 10.9 Å². The van der Waals surface area contributed by atoms with E-state index in [1.165, 1.54) is 0 Å². The molecule has 0 spiro atoms. The highest BCUT2D eigenvalue weighted by molar-refractivity contribution is 7.99.